The zero-order valence-corrected chi connectivity index (χ0v) is 9.44. The van der Waals surface area contributed by atoms with Gasteiger partial charge in [-0.3, -0.25) is 0 Å². The molecule has 1 fully saturated rings. The number of alkyl carbamates (subject to hydrolysis) is 1. The van der Waals surface area contributed by atoms with Crippen molar-refractivity contribution < 1.29 is 28.2 Å². The van der Waals surface area contributed by atoms with Crippen LogP contribution in [0, 0.1) is 0 Å². The summed E-state index contributed by atoms with van der Waals surface area (Å²) in [5.74, 6) is -3.33. The Balaban J connectivity index is 2.37. The number of alkyl halides is 2. The van der Waals surface area contributed by atoms with Crippen LogP contribution >= 0.6 is 0 Å². The number of phenols is 1. The van der Waals surface area contributed by atoms with Crippen LogP contribution in [-0.2, 0) is 4.74 Å². The Hall–Kier alpha value is -2.05. The number of nitrogens with one attached hydrogen (secondary N) is 1. The zero-order chi connectivity index (χ0) is 13.3. The fourth-order valence-electron chi connectivity index (χ4n) is 1.71. The lowest BCUT2D eigenvalue weighted by atomic mass is 9.99. The molecule has 18 heavy (non-hydrogen) atoms. The van der Waals surface area contributed by atoms with E-state index in [1.165, 1.54) is 25.3 Å². The highest BCUT2D eigenvalue weighted by atomic mass is 19.3. The minimum Gasteiger partial charge on any atom is -0.507 e. The highest BCUT2D eigenvalue weighted by Crippen LogP contribution is 2.39. The molecule has 0 aliphatic carbocycles. The molecule has 1 aromatic rings. The SMILES string of the molecule is COc1ccc([C@H]2NC(=O)OCC2(F)F)c(O)c1. The number of amides is 1. The summed E-state index contributed by atoms with van der Waals surface area (Å²) in [5, 5.41) is 11.7. The molecule has 0 bridgehead atoms. The summed E-state index contributed by atoms with van der Waals surface area (Å²) in [6.45, 7) is -1.02. The molecule has 1 heterocycles. The maximum Gasteiger partial charge on any atom is 0.408 e. The van der Waals surface area contributed by atoms with Gasteiger partial charge in [-0.05, 0) is 12.1 Å². The molecule has 1 aromatic carbocycles. The third-order valence-electron chi connectivity index (χ3n) is 2.63. The first-order valence-corrected chi connectivity index (χ1v) is 5.12. The van der Waals surface area contributed by atoms with E-state index < -0.39 is 24.7 Å². The van der Waals surface area contributed by atoms with Crippen LogP contribution in [0.4, 0.5) is 13.6 Å². The molecule has 0 radical (unpaired) electrons. The van der Waals surface area contributed by atoms with E-state index in [1.54, 1.807) is 0 Å². The summed E-state index contributed by atoms with van der Waals surface area (Å²) in [7, 11) is 1.39. The number of ether oxygens (including phenoxy) is 2. The second kappa shape index (κ2) is 4.32. The van der Waals surface area contributed by atoms with Crippen molar-refractivity contribution in [2.75, 3.05) is 13.7 Å². The molecule has 0 aromatic heterocycles. The summed E-state index contributed by atoms with van der Waals surface area (Å²) in [5.41, 5.74) is -0.0857. The van der Waals surface area contributed by atoms with Crippen LogP contribution in [0.15, 0.2) is 18.2 Å². The van der Waals surface area contributed by atoms with Crippen molar-refractivity contribution in [3.05, 3.63) is 23.8 Å². The van der Waals surface area contributed by atoms with Crippen LogP contribution in [0.25, 0.3) is 0 Å². The van der Waals surface area contributed by atoms with Gasteiger partial charge in [0.2, 0.25) is 0 Å². The molecule has 0 saturated carbocycles. The van der Waals surface area contributed by atoms with Crippen molar-refractivity contribution in [3.8, 4) is 11.5 Å². The standard InChI is InChI=1S/C11H11F2NO4/c1-17-6-2-3-7(8(15)4-6)9-11(12,13)5-18-10(16)14-9/h2-4,9,15H,5H2,1H3,(H,14,16)/t9-/m1/s1. The monoisotopic (exact) mass is 259 g/mol. The number of carbonyl (C=O) groups excluding carboxylic acids is 1. The molecule has 1 atom stereocenters. The van der Waals surface area contributed by atoms with Gasteiger partial charge in [0, 0.05) is 11.6 Å². The van der Waals surface area contributed by atoms with Gasteiger partial charge in [-0.15, -0.1) is 0 Å². The van der Waals surface area contributed by atoms with Gasteiger partial charge in [-0.25, -0.2) is 13.6 Å². The predicted molar refractivity (Wildman–Crippen MR) is 56.8 cm³/mol. The minimum atomic E-state index is -3.29. The number of halogens is 2. The van der Waals surface area contributed by atoms with Gasteiger partial charge in [-0.2, -0.15) is 0 Å². The van der Waals surface area contributed by atoms with Crippen LogP contribution in [0.3, 0.4) is 0 Å². The summed E-state index contributed by atoms with van der Waals surface area (Å²) in [4.78, 5) is 11.0. The van der Waals surface area contributed by atoms with Crippen LogP contribution in [0.5, 0.6) is 11.5 Å². The Bertz CT molecular complexity index is 478. The molecule has 2 N–H and O–H groups in total. The Kier molecular flexibility index (Phi) is 2.98. The number of hydrogen-bond donors (Lipinski definition) is 2. The lowest BCUT2D eigenvalue weighted by Crippen LogP contribution is -2.49. The molecular weight excluding hydrogens is 248 g/mol. The molecule has 1 amide bonds. The molecule has 0 unspecified atom stereocenters. The van der Waals surface area contributed by atoms with Gasteiger partial charge in [0.15, 0.2) is 6.61 Å². The van der Waals surface area contributed by atoms with Crippen molar-refractivity contribution in [2.24, 2.45) is 0 Å². The van der Waals surface area contributed by atoms with Gasteiger partial charge in [-0.1, -0.05) is 0 Å². The van der Waals surface area contributed by atoms with Crippen molar-refractivity contribution in [1.29, 1.82) is 0 Å². The average Bonchev–Trinajstić information content (AvgIpc) is 2.32. The molecular formula is C11H11F2NO4. The number of benzene rings is 1. The molecule has 1 aliphatic rings. The largest absolute Gasteiger partial charge is 0.507 e. The summed E-state index contributed by atoms with van der Waals surface area (Å²) in [6.07, 6.45) is -0.943. The Morgan fingerprint density at radius 1 is 1.56 bits per heavy atom. The quantitative estimate of drug-likeness (QED) is 0.850. The van der Waals surface area contributed by atoms with E-state index >= 15 is 0 Å². The van der Waals surface area contributed by atoms with Crippen LogP contribution in [-0.4, -0.2) is 30.8 Å². The molecule has 2 rings (SSSR count). The van der Waals surface area contributed by atoms with Crippen LogP contribution in [0.1, 0.15) is 11.6 Å². The predicted octanol–water partition coefficient (Wildman–Crippen LogP) is 1.82. The third-order valence-corrected chi connectivity index (χ3v) is 2.63. The van der Waals surface area contributed by atoms with Crippen molar-refractivity contribution in [2.45, 2.75) is 12.0 Å². The number of hydrogen-bond acceptors (Lipinski definition) is 4. The van der Waals surface area contributed by atoms with Gasteiger partial charge < -0.3 is 19.9 Å². The third kappa shape index (κ3) is 2.15. The van der Waals surface area contributed by atoms with Crippen LogP contribution < -0.4 is 10.1 Å². The highest BCUT2D eigenvalue weighted by molar-refractivity contribution is 5.69. The molecule has 1 saturated heterocycles. The smallest absolute Gasteiger partial charge is 0.408 e. The number of methoxy groups -OCH3 is 1. The number of rotatable bonds is 2. The Morgan fingerprint density at radius 3 is 2.89 bits per heavy atom. The molecule has 0 spiro atoms. The fraction of sp³-hybridized carbons (Fsp3) is 0.364. The first-order chi connectivity index (χ1) is 8.44. The first kappa shape index (κ1) is 12.4. The number of phenolic OH excluding ortho intramolecular Hbond substituents is 1. The minimum absolute atomic E-state index is 0.0857. The van der Waals surface area contributed by atoms with Gasteiger partial charge >= 0.3 is 12.0 Å². The van der Waals surface area contributed by atoms with E-state index in [-0.39, 0.29) is 11.3 Å². The molecule has 7 heteroatoms. The van der Waals surface area contributed by atoms with Crippen LogP contribution in [0.2, 0.25) is 0 Å². The second-order valence-electron chi connectivity index (χ2n) is 3.84. The average molecular weight is 259 g/mol. The normalized spacial score (nSPS) is 21.9. The first-order valence-electron chi connectivity index (χ1n) is 5.12. The van der Waals surface area contributed by atoms with E-state index in [1.807, 2.05) is 5.32 Å². The van der Waals surface area contributed by atoms with E-state index in [4.69, 9.17) is 4.74 Å². The van der Waals surface area contributed by atoms with E-state index in [0.717, 1.165) is 0 Å². The van der Waals surface area contributed by atoms with E-state index in [9.17, 15) is 18.7 Å². The van der Waals surface area contributed by atoms with E-state index in [2.05, 4.69) is 4.74 Å². The fourth-order valence-corrected chi connectivity index (χ4v) is 1.71. The maximum absolute atomic E-state index is 13.6. The molecule has 98 valence electrons. The van der Waals surface area contributed by atoms with E-state index in [0.29, 0.717) is 5.75 Å². The Morgan fingerprint density at radius 2 is 2.28 bits per heavy atom. The number of carbonyl (C=O) groups is 1. The highest BCUT2D eigenvalue weighted by Gasteiger charge is 2.47. The summed E-state index contributed by atoms with van der Waals surface area (Å²) < 4.78 is 36.3. The summed E-state index contributed by atoms with van der Waals surface area (Å²) in [6, 6.07) is 2.28. The lowest BCUT2D eigenvalue weighted by Gasteiger charge is -2.32. The van der Waals surface area contributed by atoms with Crippen molar-refractivity contribution >= 4 is 6.09 Å². The number of aromatic hydroxyl groups is 1. The molecule has 5 nitrogen and oxygen atoms in total. The van der Waals surface area contributed by atoms with Crippen molar-refractivity contribution in [1.82, 2.24) is 5.32 Å². The zero-order valence-electron chi connectivity index (χ0n) is 9.44. The topological polar surface area (TPSA) is 67.8 Å². The Labute approximate surface area is 101 Å². The molecule has 1 aliphatic heterocycles. The maximum atomic E-state index is 13.6. The van der Waals surface area contributed by atoms with Gasteiger partial charge in [0.05, 0.1) is 7.11 Å². The number of cyclic esters (lactones) is 1. The lowest BCUT2D eigenvalue weighted by molar-refractivity contribution is -0.104. The van der Waals surface area contributed by atoms with Gasteiger partial charge in [0.1, 0.15) is 17.5 Å². The second-order valence-corrected chi connectivity index (χ2v) is 3.84. The van der Waals surface area contributed by atoms with Gasteiger partial charge in [0.25, 0.3) is 0 Å². The summed E-state index contributed by atoms with van der Waals surface area (Å²) >= 11 is 0. The van der Waals surface area contributed by atoms with Crippen molar-refractivity contribution in [3.63, 3.8) is 0 Å².